The molecule has 2 N–H and O–H groups in total. The van der Waals surface area contributed by atoms with Gasteiger partial charge in [-0.3, -0.25) is 4.98 Å². The van der Waals surface area contributed by atoms with Crippen molar-refractivity contribution >= 4 is 34.8 Å². The summed E-state index contributed by atoms with van der Waals surface area (Å²) in [6, 6.07) is 6.88. The molecule has 0 aliphatic rings. The van der Waals surface area contributed by atoms with Crippen molar-refractivity contribution in [2.45, 2.75) is 12.5 Å². The Balaban J connectivity index is 2.28. The van der Waals surface area contributed by atoms with Crippen LogP contribution in [0.15, 0.2) is 36.7 Å². The normalized spacial score (nSPS) is 12.4. The molecule has 1 aromatic heterocycles. The zero-order chi connectivity index (χ0) is 13.1. The van der Waals surface area contributed by atoms with Gasteiger partial charge in [0.25, 0.3) is 0 Å². The molecule has 1 atom stereocenters. The minimum atomic E-state index is -0.300. The molecule has 0 aliphatic heterocycles. The minimum absolute atomic E-state index is 0.300. The summed E-state index contributed by atoms with van der Waals surface area (Å²) in [7, 11) is 0. The van der Waals surface area contributed by atoms with E-state index in [0.717, 1.165) is 11.1 Å². The molecular formula is C13H11Cl3N2. The highest BCUT2D eigenvalue weighted by atomic mass is 35.5. The third-order valence-corrected chi connectivity index (χ3v) is 3.67. The van der Waals surface area contributed by atoms with Gasteiger partial charge in [-0.2, -0.15) is 0 Å². The number of hydrogen-bond donors (Lipinski definition) is 1. The maximum Gasteiger partial charge on any atom is 0.0622 e. The first-order valence-corrected chi connectivity index (χ1v) is 6.51. The molecule has 0 aliphatic carbocycles. The van der Waals surface area contributed by atoms with Crippen molar-refractivity contribution in [2.75, 3.05) is 0 Å². The third-order valence-electron chi connectivity index (χ3n) is 2.67. The summed E-state index contributed by atoms with van der Waals surface area (Å²) in [4.78, 5) is 3.94. The van der Waals surface area contributed by atoms with Crippen molar-refractivity contribution in [1.29, 1.82) is 0 Å². The smallest absolute Gasteiger partial charge is 0.0622 e. The fraction of sp³-hybridized carbons (Fsp3) is 0.154. The lowest BCUT2D eigenvalue weighted by molar-refractivity contribution is 0.722. The molecule has 0 radical (unpaired) electrons. The molecule has 0 saturated heterocycles. The van der Waals surface area contributed by atoms with Crippen molar-refractivity contribution in [3.05, 3.63) is 62.9 Å². The Morgan fingerprint density at radius 3 is 2.33 bits per heavy atom. The SMILES string of the molecule is NC(Cc1ccncc1Cl)c1c(Cl)cccc1Cl. The van der Waals surface area contributed by atoms with Crippen LogP contribution in [-0.4, -0.2) is 4.98 Å². The summed E-state index contributed by atoms with van der Waals surface area (Å²) in [6.07, 6.45) is 3.84. The van der Waals surface area contributed by atoms with Gasteiger partial charge in [0.2, 0.25) is 0 Å². The van der Waals surface area contributed by atoms with Gasteiger partial charge in [0.15, 0.2) is 0 Å². The van der Waals surface area contributed by atoms with Crippen LogP contribution < -0.4 is 5.73 Å². The van der Waals surface area contributed by atoms with E-state index in [1.165, 1.54) is 0 Å². The van der Waals surface area contributed by atoms with E-state index in [4.69, 9.17) is 40.5 Å². The lowest BCUT2D eigenvalue weighted by Gasteiger charge is -2.16. The summed E-state index contributed by atoms with van der Waals surface area (Å²) >= 11 is 18.3. The fourth-order valence-corrected chi connectivity index (χ4v) is 2.65. The molecule has 1 unspecified atom stereocenters. The predicted octanol–water partition coefficient (Wildman–Crippen LogP) is 4.28. The number of halogens is 3. The van der Waals surface area contributed by atoms with Crippen molar-refractivity contribution in [3.63, 3.8) is 0 Å². The minimum Gasteiger partial charge on any atom is -0.324 e. The Hall–Kier alpha value is -0.800. The second kappa shape index (κ2) is 5.89. The Labute approximate surface area is 121 Å². The summed E-state index contributed by atoms with van der Waals surface area (Å²) in [5.41, 5.74) is 7.82. The first-order valence-electron chi connectivity index (χ1n) is 5.37. The van der Waals surface area contributed by atoms with Gasteiger partial charge in [0.1, 0.15) is 0 Å². The highest BCUT2D eigenvalue weighted by Gasteiger charge is 2.15. The van der Waals surface area contributed by atoms with Crippen LogP contribution in [0, 0.1) is 0 Å². The molecule has 0 saturated carbocycles. The maximum absolute atomic E-state index is 6.15. The molecule has 0 fully saturated rings. The maximum atomic E-state index is 6.15. The summed E-state index contributed by atoms with van der Waals surface area (Å²) in [6.45, 7) is 0. The Kier molecular flexibility index (Phi) is 4.46. The molecule has 2 nitrogen and oxygen atoms in total. The van der Waals surface area contributed by atoms with E-state index >= 15 is 0 Å². The number of nitrogens with two attached hydrogens (primary N) is 1. The molecule has 1 heterocycles. The molecule has 94 valence electrons. The monoisotopic (exact) mass is 300 g/mol. The van der Waals surface area contributed by atoms with E-state index in [0.29, 0.717) is 21.5 Å². The van der Waals surface area contributed by atoms with Gasteiger partial charge in [-0.05, 0) is 30.2 Å². The molecule has 2 aromatic rings. The van der Waals surface area contributed by atoms with Crippen LogP contribution in [0.2, 0.25) is 15.1 Å². The number of pyridine rings is 1. The topological polar surface area (TPSA) is 38.9 Å². The molecule has 2 rings (SSSR count). The van der Waals surface area contributed by atoms with Crippen molar-refractivity contribution in [2.24, 2.45) is 5.73 Å². The second-order valence-corrected chi connectivity index (χ2v) is 5.13. The van der Waals surface area contributed by atoms with Crippen molar-refractivity contribution < 1.29 is 0 Å². The standard InChI is InChI=1S/C13H11Cl3N2/c14-9-2-1-3-10(15)13(9)12(17)6-8-4-5-18-7-11(8)16/h1-5,7,12H,6,17H2. The Morgan fingerprint density at radius 1 is 1.06 bits per heavy atom. The van der Waals surface area contributed by atoms with Crippen LogP contribution >= 0.6 is 34.8 Å². The van der Waals surface area contributed by atoms with Crippen molar-refractivity contribution in [1.82, 2.24) is 4.98 Å². The van der Waals surface area contributed by atoms with Crippen LogP contribution in [0.3, 0.4) is 0 Å². The highest BCUT2D eigenvalue weighted by Crippen LogP contribution is 2.31. The van der Waals surface area contributed by atoms with E-state index in [2.05, 4.69) is 4.98 Å². The average Bonchev–Trinajstić information content (AvgIpc) is 2.32. The van der Waals surface area contributed by atoms with Gasteiger partial charge in [-0.25, -0.2) is 0 Å². The van der Waals surface area contributed by atoms with Gasteiger partial charge < -0.3 is 5.73 Å². The van der Waals surface area contributed by atoms with Gasteiger partial charge >= 0.3 is 0 Å². The van der Waals surface area contributed by atoms with Crippen LogP contribution in [0.4, 0.5) is 0 Å². The first kappa shape index (κ1) is 13.6. The number of rotatable bonds is 3. The molecule has 1 aromatic carbocycles. The van der Waals surface area contributed by atoms with E-state index < -0.39 is 0 Å². The lowest BCUT2D eigenvalue weighted by atomic mass is 10.0. The van der Waals surface area contributed by atoms with Crippen LogP contribution in [0.1, 0.15) is 17.2 Å². The quantitative estimate of drug-likeness (QED) is 0.918. The molecule has 0 bridgehead atoms. The number of hydrogen-bond acceptors (Lipinski definition) is 2. The zero-order valence-corrected chi connectivity index (χ0v) is 11.7. The summed E-state index contributed by atoms with van der Waals surface area (Å²) in [5, 5.41) is 1.73. The second-order valence-electron chi connectivity index (χ2n) is 3.91. The fourth-order valence-electron chi connectivity index (χ4n) is 1.77. The molecule has 18 heavy (non-hydrogen) atoms. The largest absolute Gasteiger partial charge is 0.324 e. The number of aromatic nitrogens is 1. The van der Waals surface area contributed by atoms with Gasteiger partial charge in [0, 0.05) is 34.0 Å². The highest BCUT2D eigenvalue weighted by molar-refractivity contribution is 6.36. The van der Waals surface area contributed by atoms with Crippen LogP contribution in [-0.2, 0) is 6.42 Å². The van der Waals surface area contributed by atoms with E-state index in [-0.39, 0.29) is 6.04 Å². The first-order chi connectivity index (χ1) is 8.59. The molecule has 5 heteroatoms. The molecule has 0 amide bonds. The Bertz CT molecular complexity index is 537. The van der Waals surface area contributed by atoms with E-state index in [1.807, 2.05) is 6.07 Å². The van der Waals surface area contributed by atoms with E-state index in [9.17, 15) is 0 Å². The predicted molar refractivity (Wildman–Crippen MR) is 76.3 cm³/mol. The van der Waals surface area contributed by atoms with Crippen LogP contribution in [0.25, 0.3) is 0 Å². The third kappa shape index (κ3) is 2.96. The van der Waals surface area contributed by atoms with Gasteiger partial charge in [-0.15, -0.1) is 0 Å². The number of nitrogens with zero attached hydrogens (tertiary/aromatic N) is 1. The Morgan fingerprint density at radius 2 is 1.72 bits per heavy atom. The lowest BCUT2D eigenvalue weighted by Crippen LogP contribution is -2.14. The van der Waals surface area contributed by atoms with Gasteiger partial charge in [-0.1, -0.05) is 40.9 Å². The summed E-state index contributed by atoms with van der Waals surface area (Å²) in [5.74, 6) is 0. The zero-order valence-electron chi connectivity index (χ0n) is 9.41. The van der Waals surface area contributed by atoms with Crippen LogP contribution in [0.5, 0.6) is 0 Å². The van der Waals surface area contributed by atoms with Gasteiger partial charge in [0.05, 0.1) is 5.02 Å². The molecule has 0 spiro atoms. The molecular weight excluding hydrogens is 291 g/mol. The summed E-state index contributed by atoms with van der Waals surface area (Å²) < 4.78 is 0. The average molecular weight is 302 g/mol. The van der Waals surface area contributed by atoms with Crippen molar-refractivity contribution in [3.8, 4) is 0 Å². The number of benzene rings is 1. The van der Waals surface area contributed by atoms with E-state index in [1.54, 1.807) is 30.6 Å².